The number of imide groups is 2. The van der Waals surface area contributed by atoms with Crippen LogP contribution in [0.2, 0.25) is 0 Å². The zero-order valence-corrected chi connectivity index (χ0v) is 17.8. The lowest BCUT2D eigenvalue weighted by molar-refractivity contribution is -0.122. The van der Waals surface area contributed by atoms with E-state index >= 15 is 0 Å². The molecule has 2 aromatic rings. The van der Waals surface area contributed by atoms with Gasteiger partial charge in [-0.1, -0.05) is 19.1 Å². The summed E-state index contributed by atoms with van der Waals surface area (Å²) in [5, 5.41) is 2.06. The van der Waals surface area contributed by atoms with Crippen LogP contribution >= 0.6 is 15.9 Å². The minimum absolute atomic E-state index is 0.250. The SMILES string of the molecule is CCCOc1c(Br)cc(/C=C2/C(=O)NC(=O)N(c3ccccc3F)C2=O)cc1OC. The molecule has 2 aromatic carbocycles. The van der Waals surface area contributed by atoms with E-state index in [1.54, 1.807) is 12.1 Å². The number of nitrogens with zero attached hydrogens (tertiary/aromatic N) is 1. The van der Waals surface area contributed by atoms with E-state index in [2.05, 4.69) is 21.2 Å². The van der Waals surface area contributed by atoms with E-state index in [0.29, 0.717) is 33.0 Å². The van der Waals surface area contributed by atoms with Crippen LogP contribution in [0, 0.1) is 5.82 Å². The van der Waals surface area contributed by atoms with Gasteiger partial charge >= 0.3 is 6.03 Å². The van der Waals surface area contributed by atoms with Gasteiger partial charge in [0.2, 0.25) is 0 Å². The maximum Gasteiger partial charge on any atom is 0.336 e. The smallest absolute Gasteiger partial charge is 0.336 e. The highest BCUT2D eigenvalue weighted by Gasteiger charge is 2.38. The predicted molar refractivity (Wildman–Crippen MR) is 112 cm³/mol. The lowest BCUT2D eigenvalue weighted by Crippen LogP contribution is -2.54. The van der Waals surface area contributed by atoms with Crippen molar-refractivity contribution >= 4 is 45.5 Å². The van der Waals surface area contributed by atoms with Crippen molar-refractivity contribution in [3.63, 3.8) is 0 Å². The van der Waals surface area contributed by atoms with Crippen molar-refractivity contribution in [2.75, 3.05) is 18.6 Å². The number of anilines is 1. The second-order valence-electron chi connectivity index (χ2n) is 6.29. The van der Waals surface area contributed by atoms with Gasteiger partial charge in [0.15, 0.2) is 11.5 Å². The Labute approximate surface area is 180 Å². The van der Waals surface area contributed by atoms with Gasteiger partial charge in [-0.15, -0.1) is 0 Å². The minimum Gasteiger partial charge on any atom is -0.493 e. The number of para-hydroxylation sites is 1. The Bertz CT molecular complexity index is 1050. The Balaban J connectivity index is 2.02. The molecule has 1 N–H and O–H groups in total. The zero-order valence-electron chi connectivity index (χ0n) is 16.2. The summed E-state index contributed by atoms with van der Waals surface area (Å²) in [6.45, 7) is 2.45. The average molecular weight is 477 g/mol. The van der Waals surface area contributed by atoms with Gasteiger partial charge in [0, 0.05) is 0 Å². The molecule has 0 aromatic heterocycles. The number of urea groups is 1. The molecule has 30 heavy (non-hydrogen) atoms. The number of barbiturate groups is 1. The molecule has 0 unspecified atom stereocenters. The van der Waals surface area contributed by atoms with E-state index in [0.717, 1.165) is 12.5 Å². The van der Waals surface area contributed by atoms with Gasteiger partial charge in [-0.3, -0.25) is 14.9 Å². The van der Waals surface area contributed by atoms with Crippen molar-refractivity contribution in [3.8, 4) is 11.5 Å². The fraction of sp³-hybridized carbons (Fsp3) is 0.190. The Morgan fingerprint density at radius 3 is 2.60 bits per heavy atom. The molecule has 0 bridgehead atoms. The largest absolute Gasteiger partial charge is 0.493 e. The van der Waals surface area contributed by atoms with Gasteiger partial charge in [-0.2, -0.15) is 0 Å². The van der Waals surface area contributed by atoms with Gasteiger partial charge in [-0.25, -0.2) is 14.1 Å². The lowest BCUT2D eigenvalue weighted by Gasteiger charge is -2.26. The molecule has 0 spiro atoms. The number of hydrogen-bond donors (Lipinski definition) is 1. The molecule has 0 radical (unpaired) electrons. The topological polar surface area (TPSA) is 84.9 Å². The Hall–Kier alpha value is -3.20. The molecule has 1 aliphatic rings. The Morgan fingerprint density at radius 1 is 1.20 bits per heavy atom. The van der Waals surface area contributed by atoms with Crippen LogP contribution in [0.4, 0.5) is 14.9 Å². The first kappa shape index (κ1) is 21.5. The minimum atomic E-state index is -1.02. The third kappa shape index (κ3) is 4.20. The Kier molecular flexibility index (Phi) is 6.51. The highest BCUT2D eigenvalue weighted by Crippen LogP contribution is 2.37. The van der Waals surface area contributed by atoms with Crippen LogP contribution in [-0.4, -0.2) is 31.6 Å². The maximum atomic E-state index is 14.2. The van der Waals surface area contributed by atoms with Crippen LogP contribution in [0.25, 0.3) is 6.08 Å². The van der Waals surface area contributed by atoms with Gasteiger partial charge < -0.3 is 9.47 Å². The van der Waals surface area contributed by atoms with E-state index in [-0.39, 0.29) is 11.3 Å². The molecule has 7 nitrogen and oxygen atoms in total. The van der Waals surface area contributed by atoms with E-state index in [9.17, 15) is 18.8 Å². The molecular formula is C21H18BrFN2O5. The van der Waals surface area contributed by atoms with E-state index in [1.165, 1.54) is 31.4 Å². The van der Waals surface area contributed by atoms with Gasteiger partial charge in [-0.05, 0) is 58.3 Å². The number of hydrogen-bond acceptors (Lipinski definition) is 5. The van der Waals surface area contributed by atoms with Crippen molar-refractivity contribution in [1.29, 1.82) is 0 Å². The van der Waals surface area contributed by atoms with Gasteiger partial charge in [0.05, 0.1) is 23.9 Å². The van der Waals surface area contributed by atoms with Crippen LogP contribution in [0.15, 0.2) is 46.4 Å². The Morgan fingerprint density at radius 2 is 1.93 bits per heavy atom. The molecule has 0 aliphatic carbocycles. The molecular weight excluding hydrogens is 459 g/mol. The van der Waals surface area contributed by atoms with Crippen molar-refractivity contribution < 1.29 is 28.2 Å². The number of nitrogens with one attached hydrogen (secondary N) is 1. The van der Waals surface area contributed by atoms with Gasteiger partial charge in [0.25, 0.3) is 11.8 Å². The zero-order chi connectivity index (χ0) is 21.8. The van der Waals surface area contributed by atoms with Crippen LogP contribution in [0.3, 0.4) is 0 Å². The number of methoxy groups -OCH3 is 1. The molecule has 1 fully saturated rings. The third-order valence-electron chi connectivity index (χ3n) is 4.21. The number of amides is 4. The first-order valence-corrected chi connectivity index (χ1v) is 9.83. The summed E-state index contributed by atoms with van der Waals surface area (Å²) in [5.74, 6) is -1.69. The average Bonchev–Trinajstić information content (AvgIpc) is 2.71. The number of halogens is 2. The highest BCUT2D eigenvalue weighted by molar-refractivity contribution is 9.10. The lowest BCUT2D eigenvalue weighted by atomic mass is 10.1. The first-order valence-electron chi connectivity index (χ1n) is 9.03. The summed E-state index contributed by atoms with van der Waals surface area (Å²) in [5.41, 5.74) is -0.126. The molecule has 1 saturated heterocycles. The molecule has 1 heterocycles. The molecule has 156 valence electrons. The monoisotopic (exact) mass is 476 g/mol. The van der Waals surface area contributed by atoms with Crippen molar-refractivity contribution in [2.45, 2.75) is 13.3 Å². The first-order chi connectivity index (χ1) is 14.4. The fourth-order valence-electron chi connectivity index (χ4n) is 2.84. The van der Waals surface area contributed by atoms with Crippen molar-refractivity contribution in [2.24, 2.45) is 0 Å². The highest BCUT2D eigenvalue weighted by atomic mass is 79.9. The molecule has 9 heteroatoms. The second kappa shape index (κ2) is 9.08. The number of carbonyl (C=O) groups is 3. The third-order valence-corrected chi connectivity index (χ3v) is 4.80. The summed E-state index contributed by atoms with van der Waals surface area (Å²) in [6, 6.07) is 7.52. The van der Waals surface area contributed by atoms with E-state index in [1.807, 2.05) is 6.92 Å². The summed E-state index contributed by atoms with van der Waals surface area (Å²) in [6.07, 6.45) is 2.10. The fourth-order valence-corrected chi connectivity index (χ4v) is 3.42. The van der Waals surface area contributed by atoms with Crippen molar-refractivity contribution in [1.82, 2.24) is 5.32 Å². The molecule has 0 saturated carbocycles. The van der Waals surface area contributed by atoms with Gasteiger partial charge in [0.1, 0.15) is 11.4 Å². The molecule has 4 amide bonds. The number of benzene rings is 2. The van der Waals surface area contributed by atoms with Crippen LogP contribution < -0.4 is 19.7 Å². The van der Waals surface area contributed by atoms with Crippen LogP contribution in [-0.2, 0) is 9.59 Å². The maximum absolute atomic E-state index is 14.2. The van der Waals surface area contributed by atoms with Crippen molar-refractivity contribution in [3.05, 3.63) is 57.8 Å². The second-order valence-corrected chi connectivity index (χ2v) is 7.15. The normalized spacial score (nSPS) is 15.4. The summed E-state index contributed by atoms with van der Waals surface area (Å²) >= 11 is 3.40. The summed E-state index contributed by atoms with van der Waals surface area (Å²) in [4.78, 5) is 38.0. The number of carbonyl (C=O) groups excluding carboxylic acids is 3. The number of ether oxygens (including phenoxy) is 2. The summed E-state index contributed by atoms with van der Waals surface area (Å²) in [7, 11) is 1.47. The number of rotatable bonds is 6. The quantitative estimate of drug-likeness (QED) is 0.502. The van der Waals surface area contributed by atoms with E-state index < -0.39 is 23.7 Å². The predicted octanol–water partition coefficient (Wildman–Crippen LogP) is 4.05. The molecule has 3 rings (SSSR count). The van der Waals surface area contributed by atoms with Crippen LogP contribution in [0.1, 0.15) is 18.9 Å². The molecule has 1 aliphatic heterocycles. The standard InChI is InChI=1S/C21H18BrFN2O5/c1-3-8-30-18-14(22)10-12(11-17(18)29-2)9-13-19(26)24-21(28)25(20(13)27)16-7-5-4-6-15(16)23/h4-7,9-11H,3,8H2,1-2H3,(H,24,26,28)/b13-9-. The van der Waals surface area contributed by atoms with Crippen LogP contribution in [0.5, 0.6) is 11.5 Å². The van der Waals surface area contributed by atoms with E-state index in [4.69, 9.17) is 9.47 Å². The summed E-state index contributed by atoms with van der Waals surface area (Å²) < 4.78 is 25.7. The molecule has 0 atom stereocenters.